The van der Waals surface area contributed by atoms with Crippen LogP contribution in [-0.2, 0) is 21.8 Å². The molecule has 0 unspecified atom stereocenters. The van der Waals surface area contributed by atoms with E-state index < -0.39 is 35.7 Å². The Morgan fingerprint density at radius 1 is 0.967 bits per heavy atom. The van der Waals surface area contributed by atoms with Crippen LogP contribution in [-0.4, -0.2) is 19.3 Å². The summed E-state index contributed by atoms with van der Waals surface area (Å²) in [5, 5.41) is 0. The van der Waals surface area contributed by atoms with E-state index in [1.807, 2.05) is 30.3 Å². The first-order chi connectivity index (χ1) is 14.0. The molecular weight excluding hydrogens is 410 g/mol. The third-order valence-corrected chi connectivity index (χ3v) is 5.00. The fraction of sp³-hybridized carbons (Fsp3) is 0.364. The van der Waals surface area contributed by atoms with E-state index in [4.69, 9.17) is 9.47 Å². The maximum absolute atomic E-state index is 13.2. The van der Waals surface area contributed by atoms with Gasteiger partial charge in [0.2, 0.25) is 0 Å². The van der Waals surface area contributed by atoms with Crippen molar-refractivity contribution in [3.8, 4) is 0 Å². The lowest BCUT2D eigenvalue weighted by Crippen LogP contribution is -2.35. The summed E-state index contributed by atoms with van der Waals surface area (Å²) in [6, 6.07) is 10.7. The molecule has 0 aliphatic carbocycles. The molecule has 0 N–H and O–H groups in total. The Hall–Kier alpha value is -2.32. The number of benzene rings is 2. The minimum Gasteiger partial charge on any atom is -0.374 e. The largest absolute Gasteiger partial charge is 0.416 e. The third kappa shape index (κ3) is 5.05. The van der Waals surface area contributed by atoms with E-state index in [1.165, 1.54) is 6.92 Å². The molecule has 3 rings (SSSR count). The number of hydrogen-bond acceptors (Lipinski definition) is 2. The fourth-order valence-corrected chi connectivity index (χ4v) is 3.54. The van der Waals surface area contributed by atoms with Crippen LogP contribution >= 0.6 is 0 Å². The zero-order valence-corrected chi connectivity index (χ0v) is 16.1. The van der Waals surface area contributed by atoms with Crippen LogP contribution in [0.2, 0.25) is 0 Å². The molecule has 0 radical (unpaired) electrons. The van der Waals surface area contributed by atoms with Crippen molar-refractivity contribution in [1.82, 2.24) is 0 Å². The fourth-order valence-electron chi connectivity index (χ4n) is 3.54. The van der Waals surface area contributed by atoms with Crippen LogP contribution in [0.1, 0.15) is 41.2 Å². The Labute approximate surface area is 170 Å². The molecule has 0 spiro atoms. The van der Waals surface area contributed by atoms with Crippen LogP contribution in [0.25, 0.3) is 0 Å². The van der Waals surface area contributed by atoms with E-state index in [9.17, 15) is 26.3 Å². The van der Waals surface area contributed by atoms with Gasteiger partial charge in [-0.15, -0.1) is 0 Å². The third-order valence-electron chi connectivity index (χ3n) is 5.00. The zero-order chi connectivity index (χ0) is 22.1. The molecule has 2 aromatic carbocycles. The van der Waals surface area contributed by atoms with E-state index >= 15 is 0 Å². The van der Waals surface area contributed by atoms with Gasteiger partial charge in [0.05, 0.1) is 36.5 Å². The Bertz CT molecular complexity index is 856. The van der Waals surface area contributed by atoms with Gasteiger partial charge in [-0.25, -0.2) is 0 Å². The standard InChI is InChI=1S/C22H20F6O2/c1-13-11-29-12-19(20(13)15-6-4-3-5-7-15)30-14(2)16-8-17(21(23,24)25)10-18(9-16)22(26,27)28/h3-10,14,19-20H,1,11-12H2,2H3/t14-,19+,20-/m1/s1. The molecular formula is C22H20F6O2. The minimum absolute atomic E-state index is 0.106. The first kappa shape index (κ1) is 22.4. The summed E-state index contributed by atoms with van der Waals surface area (Å²) in [6.45, 7) is 5.87. The predicted octanol–water partition coefficient (Wildman–Crippen LogP) is 6.54. The second-order valence-electron chi connectivity index (χ2n) is 7.22. The normalized spacial score (nSPS) is 21.5. The number of rotatable bonds is 4. The van der Waals surface area contributed by atoms with Gasteiger partial charge >= 0.3 is 12.4 Å². The molecule has 2 nitrogen and oxygen atoms in total. The monoisotopic (exact) mass is 430 g/mol. The molecule has 0 bridgehead atoms. The predicted molar refractivity (Wildman–Crippen MR) is 98.9 cm³/mol. The van der Waals surface area contributed by atoms with Crippen LogP contribution in [0.4, 0.5) is 26.3 Å². The zero-order valence-electron chi connectivity index (χ0n) is 16.1. The van der Waals surface area contributed by atoms with Crippen molar-refractivity contribution >= 4 is 0 Å². The average Bonchev–Trinajstić information content (AvgIpc) is 2.67. The minimum atomic E-state index is -4.91. The highest BCUT2D eigenvalue weighted by Gasteiger charge is 2.38. The van der Waals surface area contributed by atoms with E-state index in [1.54, 1.807) is 0 Å². The van der Waals surface area contributed by atoms with Gasteiger partial charge in [-0.05, 0) is 41.8 Å². The molecule has 0 amide bonds. The van der Waals surface area contributed by atoms with Gasteiger partial charge in [-0.3, -0.25) is 0 Å². The summed E-state index contributed by atoms with van der Waals surface area (Å²) in [4.78, 5) is 0. The lowest BCUT2D eigenvalue weighted by Gasteiger charge is -2.35. The molecule has 1 aliphatic heterocycles. The first-order valence-corrected chi connectivity index (χ1v) is 9.22. The Morgan fingerprint density at radius 3 is 2.07 bits per heavy atom. The van der Waals surface area contributed by atoms with Crippen molar-refractivity contribution in [2.75, 3.05) is 13.2 Å². The molecule has 1 heterocycles. The van der Waals surface area contributed by atoms with E-state index in [0.29, 0.717) is 18.7 Å². The Kier molecular flexibility index (Phi) is 6.29. The Balaban J connectivity index is 1.92. The van der Waals surface area contributed by atoms with Gasteiger partial charge in [0.25, 0.3) is 0 Å². The highest BCUT2D eigenvalue weighted by atomic mass is 19.4. The van der Waals surface area contributed by atoms with Crippen molar-refractivity contribution < 1.29 is 35.8 Å². The SMILES string of the molecule is C=C1COC[C@H](O[C@H](C)c2cc(C(F)(F)F)cc(C(F)(F)F)c2)[C@H]1c1ccccc1. The van der Waals surface area contributed by atoms with Gasteiger partial charge in [-0.2, -0.15) is 26.3 Å². The number of hydrogen-bond donors (Lipinski definition) is 0. The van der Waals surface area contributed by atoms with Crippen LogP contribution < -0.4 is 0 Å². The topological polar surface area (TPSA) is 18.5 Å². The van der Waals surface area contributed by atoms with Crippen molar-refractivity contribution in [2.24, 2.45) is 0 Å². The highest BCUT2D eigenvalue weighted by molar-refractivity contribution is 5.35. The lowest BCUT2D eigenvalue weighted by atomic mass is 9.86. The van der Waals surface area contributed by atoms with Crippen LogP contribution in [0.3, 0.4) is 0 Å². The number of halogens is 6. The van der Waals surface area contributed by atoms with Crippen molar-refractivity contribution in [1.29, 1.82) is 0 Å². The lowest BCUT2D eigenvalue weighted by molar-refractivity contribution is -0.143. The van der Waals surface area contributed by atoms with Crippen molar-refractivity contribution in [3.05, 3.63) is 82.9 Å². The maximum Gasteiger partial charge on any atom is 0.416 e. The van der Waals surface area contributed by atoms with Gasteiger partial charge < -0.3 is 9.47 Å². The summed E-state index contributed by atoms with van der Waals surface area (Å²) in [5.74, 6) is -0.282. The van der Waals surface area contributed by atoms with Crippen molar-refractivity contribution in [3.63, 3.8) is 0 Å². The second-order valence-corrected chi connectivity index (χ2v) is 7.22. The molecule has 162 valence electrons. The quantitative estimate of drug-likeness (QED) is 0.405. The van der Waals surface area contributed by atoms with E-state index in [0.717, 1.165) is 11.1 Å². The maximum atomic E-state index is 13.2. The summed E-state index contributed by atoms with van der Waals surface area (Å²) < 4.78 is 90.3. The molecule has 0 saturated carbocycles. The first-order valence-electron chi connectivity index (χ1n) is 9.22. The van der Waals surface area contributed by atoms with Crippen LogP contribution in [0.15, 0.2) is 60.7 Å². The molecule has 0 aromatic heterocycles. The van der Waals surface area contributed by atoms with E-state index in [2.05, 4.69) is 6.58 Å². The number of alkyl halides is 6. The van der Waals surface area contributed by atoms with Crippen LogP contribution in [0.5, 0.6) is 0 Å². The molecule has 1 fully saturated rings. The van der Waals surface area contributed by atoms with Gasteiger partial charge in [0.15, 0.2) is 0 Å². The van der Waals surface area contributed by atoms with Gasteiger partial charge in [-0.1, -0.05) is 36.9 Å². The molecule has 2 aromatic rings. The highest BCUT2D eigenvalue weighted by Crippen LogP contribution is 2.40. The molecule has 3 atom stereocenters. The molecule has 30 heavy (non-hydrogen) atoms. The summed E-state index contributed by atoms with van der Waals surface area (Å²) in [7, 11) is 0. The Morgan fingerprint density at radius 2 is 1.53 bits per heavy atom. The van der Waals surface area contributed by atoms with Gasteiger partial charge in [0, 0.05) is 5.92 Å². The number of ether oxygens (including phenoxy) is 2. The molecule has 8 heteroatoms. The average molecular weight is 430 g/mol. The summed E-state index contributed by atoms with van der Waals surface area (Å²) in [5.41, 5.74) is -1.33. The van der Waals surface area contributed by atoms with E-state index in [-0.39, 0.29) is 24.2 Å². The van der Waals surface area contributed by atoms with Crippen LogP contribution in [0, 0.1) is 0 Å². The summed E-state index contributed by atoms with van der Waals surface area (Å²) >= 11 is 0. The summed E-state index contributed by atoms with van der Waals surface area (Å²) in [6.07, 6.45) is -11.5. The molecule has 1 saturated heterocycles. The molecule has 1 aliphatic rings. The smallest absolute Gasteiger partial charge is 0.374 e. The van der Waals surface area contributed by atoms with Crippen molar-refractivity contribution in [2.45, 2.75) is 37.4 Å². The second kappa shape index (κ2) is 8.43. The van der Waals surface area contributed by atoms with Gasteiger partial charge in [0.1, 0.15) is 0 Å².